The highest BCUT2D eigenvalue weighted by Crippen LogP contribution is 2.06. The van der Waals surface area contributed by atoms with Crippen molar-refractivity contribution in [3.8, 4) is 0 Å². The molecule has 1 N–H and O–H groups in total. The van der Waals surface area contributed by atoms with Crippen LogP contribution in [0.15, 0.2) is 30.5 Å². The first kappa shape index (κ1) is 8.94. The smallest absolute Gasteiger partial charge is 0.123 e. The van der Waals surface area contributed by atoms with E-state index in [0.717, 1.165) is 24.1 Å². The molecule has 0 amide bonds. The summed E-state index contributed by atoms with van der Waals surface area (Å²) >= 11 is 0. The Kier molecular flexibility index (Phi) is 2.58. The Morgan fingerprint density at radius 3 is 3.00 bits per heavy atom. The third kappa shape index (κ3) is 2.19. The molecular formula is C11H10FN2. The van der Waals surface area contributed by atoms with E-state index in [1.54, 1.807) is 18.3 Å². The van der Waals surface area contributed by atoms with Crippen LogP contribution in [0.25, 0.3) is 0 Å². The molecule has 2 nitrogen and oxygen atoms in total. The fraction of sp³-hybridized carbons (Fsp3) is 0.182. The fourth-order valence-corrected chi connectivity index (χ4v) is 1.34. The van der Waals surface area contributed by atoms with E-state index in [1.807, 2.05) is 6.07 Å². The van der Waals surface area contributed by atoms with Gasteiger partial charge in [-0.3, -0.25) is 5.10 Å². The second-order valence-corrected chi connectivity index (χ2v) is 3.11. The predicted molar refractivity (Wildman–Crippen MR) is 51.2 cm³/mol. The molecule has 1 radical (unpaired) electrons. The number of H-pyrrole nitrogens is 1. The standard InChI is InChI=1S/C11H10FN2/c12-10-3-1-2-9(8-10)4-5-11-6-7-13-14-11/h1-3,7-8H,4-5H2,(H,13,14). The van der Waals surface area contributed by atoms with Crippen molar-refractivity contribution in [2.45, 2.75) is 12.8 Å². The Bertz CT molecular complexity index is 395. The van der Waals surface area contributed by atoms with Gasteiger partial charge in [0, 0.05) is 12.3 Å². The highest BCUT2D eigenvalue weighted by atomic mass is 19.1. The lowest BCUT2D eigenvalue weighted by Gasteiger charge is -1.98. The van der Waals surface area contributed by atoms with Crippen LogP contribution in [0.1, 0.15) is 11.3 Å². The van der Waals surface area contributed by atoms with Gasteiger partial charge < -0.3 is 0 Å². The topological polar surface area (TPSA) is 28.7 Å². The summed E-state index contributed by atoms with van der Waals surface area (Å²) < 4.78 is 12.8. The average molecular weight is 189 g/mol. The molecule has 14 heavy (non-hydrogen) atoms. The van der Waals surface area contributed by atoms with Crippen LogP contribution >= 0.6 is 0 Å². The van der Waals surface area contributed by atoms with Crippen LogP contribution in [0.2, 0.25) is 0 Å². The van der Waals surface area contributed by atoms with E-state index in [1.165, 1.54) is 6.07 Å². The zero-order valence-corrected chi connectivity index (χ0v) is 7.63. The van der Waals surface area contributed by atoms with Gasteiger partial charge in [-0.15, -0.1) is 0 Å². The van der Waals surface area contributed by atoms with Crippen molar-refractivity contribution < 1.29 is 4.39 Å². The summed E-state index contributed by atoms with van der Waals surface area (Å²) in [7, 11) is 0. The average Bonchev–Trinajstić information content (AvgIpc) is 2.67. The first-order valence-electron chi connectivity index (χ1n) is 4.49. The summed E-state index contributed by atoms with van der Waals surface area (Å²) in [6.07, 6.45) is 3.24. The zero-order chi connectivity index (χ0) is 9.80. The monoisotopic (exact) mass is 189 g/mol. The minimum absolute atomic E-state index is 0.187. The molecule has 0 aliphatic heterocycles. The highest BCUT2D eigenvalue weighted by Gasteiger charge is 1.98. The number of aromatic nitrogens is 2. The molecule has 0 saturated carbocycles. The largest absolute Gasteiger partial charge is 0.285 e. The maximum atomic E-state index is 12.8. The lowest BCUT2D eigenvalue weighted by molar-refractivity contribution is 0.625. The molecule has 0 bridgehead atoms. The fourth-order valence-electron chi connectivity index (χ4n) is 1.34. The Labute approximate surface area is 81.8 Å². The quantitative estimate of drug-likeness (QED) is 0.787. The van der Waals surface area contributed by atoms with Gasteiger partial charge in [0.05, 0.1) is 5.69 Å². The lowest BCUT2D eigenvalue weighted by atomic mass is 10.1. The molecule has 3 heteroatoms. The number of halogens is 1. The number of benzene rings is 1. The summed E-state index contributed by atoms with van der Waals surface area (Å²) in [4.78, 5) is 0. The maximum Gasteiger partial charge on any atom is 0.123 e. The van der Waals surface area contributed by atoms with Crippen molar-refractivity contribution in [1.82, 2.24) is 10.2 Å². The van der Waals surface area contributed by atoms with Crippen LogP contribution in [0, 0.1) is 11.9 Å². The van der Waals surface area contributed by atoms with Crippen LogP contribution < -0.4 is 0 Å². The molecule has 1 aromatic carbocycles. The van der Waals surface area contributed by atoms with Gasteiger partial charge in [-0.2, -0.15) is 5.10 Å². The number of nitrogens with zero attached hydrogens (tertiary/aromatic N) is 1. The summed E-state index contributed by atoms with van der Waals surface area (Å²) in [6.45, 7) is 0. The number of hydrogen-bond donors (Lipinski definition) is 1. The van der Waals surface area contributed by atoms with Crippen LogP contribution in [-0.2, 0) is 12.8 Å². The number of rotatable bonds is 3. The van der Waals surface area contributed by atoms with Gasteiger partial charge in [0.2, 0.25) is 0 Å². The zero-order valence-electron chi connectivity index (χ0n) is 7.63. The first-order chi connectivity index (χ1) is 6.84. The van der Waals surface area contributed by atoms with Crippen molar-refractivity contribution in [3.05, 3.63) is 53.6 Å². The van der Waals surface area contributed by atoms with Gasteiger partial charge in [-0.25, -0.2) is 4.39 Å². The molecule has 0 saturated heterocycles. The molecule has 2 rings (SSSR count). The minimum Gasteiger partial charge on any atom is -0.285 e. The normalized spacial score (nSPS) is 10.4. The summed E-state index contributed by atoms with van der Waals surface area (Å²) in [6, 6.07) is 9.59. The van der Waals surface area contributed by atoms with Crippen molar-refractivity contribution >= 4 is 0 Å². The summed E-state index contributed by atoms with van der Waals surface area (Å²) in [5.74, 6) is -0.187. The third-order valence-electron chi connectivity index (χ3n) is 2.04. The van der Waals surface area contributed by atoms with E-state index in [9.17, 15) is 4.39 Å². The van der Waals surface area contributed by atoms with Crippen LogP contribution in [0.3, 0.4) is 0 Å². The van der Waals surface area contributed by atoms with Gasteiger partial charge in [0.15, 0.2) is 0 Å². The van der Waals surface area contributed by atoms with Gasteiger partial charge >= 0.3 is 0 Å². The predicted octanol–water partition coefficient (Wildman–Crippen LogP) is 2.13. The molecule has 71 valence electrons. The highest BCUT2D eigenvalue weighted by molar-refractivity contribution is 5.17. The van der Waals surface area contributed by atoms with Gasteiger partial charge in [-0.1, -0.05) is 12.1 Å². The van der Waals surface area contributed by atoms with E-state index < -0.39 is 0 Å². The molecule has 0 aliphatic carbocycles. The second-order valence-electron chi connectivity index (χ2n) is 3.11. The Morgan fingerprint density at radius 2 is 2.29 bits per heavy atom. The molecule has 2 aromatic rings. The van der Waals surface area contributed by atoms with E-state index in [0.29, 0.717) is 0 Å². The van der Waals surface area contributed by atoms with Gasteiger partial charge in [-0.05, 0) is 30.5 Å². The van der Waals surface area contributed by atoms with Gasteiger partial charge in [0.25, 0.3) is 0 Å². The first-order valence-corrected chi connectivity index (χ1v) is 4.49. The SMILES string of the molecule is Fc1cccc(CCc2[c]c[nH]n2)c1. The Balaban J connectivity index is 1.98. The van der Waals surface area contributed by atoms with E-state index in [-0.39, 0.29) is 5.82 Å². The molecule has 1 heterocycles. The number of hydrogen-bond acceptors (Lipinski definition) is 1. The molecule has 0 atom stereocenters. The molecule has 1 aromatic heterocycles. The molecule has 0 unspecified atom stereocenters. The van der Waals surface area contributed by atoms with Crippen molar-refractivity contribution in [2.75, 3.05) is 0 Å². The van der Waals surface area contributed by atoms with Crippen LogP contribution in [0.4, 0.5) is 4.39 Å². The maximum absolute atomic E-state index is 12.8. The number of nitrogens with one attached hydrogen (secondary N) is 1. The Hall–Kier alpha value is -1.64. The Morgan fingerprint density at radius 1 is 1.36 bits per heavy atom. The number of aromatic amines is 1. The molecular weight excluding hydrogens is 179 g/mol. The van der Waals surface area contributed by atoms with E-state index >= 15 is 0 Å². The third-order valence-corrected chi connectivity index (χ3v) is 2.04. The van der Waals surface area contributed by atoms with Crippen molar-refractivity contribution in [2.24, 2.45) is 0 Å². The molecule has 0 fully saturated rings. The van der Waals surface area contributed by atoms with E-state index in [2.05, 4.69) is 16.3 Å². The van der Waals surface area contributed by atoms with Gasteiger partial charge in [0.1, 0.15) is 5.82 Å². The van der Waals surface area contributed by atoms with Crippen molar-refractivity contribution in [3.63, 3.8) is 0 Å². The van der Waals surface area contributed by atoms with Crippen LogP contribution in [-0.4, -0.2) is 10.2 Å². The van der Waals surface area contributed by atoms with Crippen LogP contribution in [0.5, 0.6) is 0 Å². The van der Waals surface area contributed by atoms with Crippen molar-refractivity contribution in [1.29, 1.82) is 0 Å². The second kappa shape index (κ2) is 4.05. The summed E-state index contributed by atoms with van der Waals surface area (Å²) in [5.41, 5.74) is 1.87. The van der Waals surface area contributed by atoms with E-state index in [4.69, 9.17) is 0 Å². The number of aryl methyl sites for hydroxylation is 2. The molecule has 0 aliphatic rings. The summed E-state index contributed by atoms with van der Waals surface area (Å²) in [5, 5.41) is 6.68. The minimum atomic E-state index is -0.187. The molecule has 0 spiro atoms. The lowest BCUT2D eigenvalue weighted by Crippen LogP contribution is -1.92.